The molecule has 0 saturated carbocycles. The van der Waals surface area contributed by atoms with Gasteiger partial charge in [-0.05, 0) is 36.8 Å². The molecular formula is C18H21N3O2. The number of hydrogen-bond donors (Lipinski definition) is 2. The number of carbonyl (C=O) groups excluding carboxylic acids is 1. The number of rotatable bonds is 3. The van der Waals surface area contributed by atoms with E-state index in [1.54, 1.807) is 12.1 Å². The van der Waals surface area contributed by atoms with Gasteiger partial charge in [0, 0.05) is 24.3 Å². The van der Waals surface area contributed by atoms with Gasteiger partial charge in [0.25, 0.3) is 5.91 Å². The number of nitrogens with two attached hydrogens (primary N) is 1. The fourth-order valence-corrected chi connectivity index (χ4v) is 2.76. The Morgan fingerprint density at radius 1 is 1.17 bits per heavy atom. The van der Waals surface area contributed by atoms with Gasteiger partial charge in [-0.15, -0.1) is 0 Å². The lowest BCUT2D eigenvalue weighted by molar-refractivity contribution is 0.102. The maximum atomic E-state index is 12.3. The number of morpholine rings is 1. The monoisotopic (exact) mass is 311 g/mol. The zero-order chi connectivity index (χ0) is 16.2. The highest BCUT2D eigenvalue weighted by molar-refractivity contribution is 6.06. The van der Waals surface area contributed by atoms with Crippen LogP contribution in [0.3, 0.4) is 0 Å². The number of nitrogen functional groups attached to an aromatic ring is 1. The molecule has 2 aromatic rings. The van der Waals surface area contributed by atoms with Gasteiger partial charge in [0.2, 0.25) is 0 Å². The molecule has 1 saturated heterocycles. The predicted octanol–water partition coefficient (Wildman–Crippen LogP) is 2.67. The maximum Gasteiger partial charge on any atom is 0.255 e. The second-order valence-corrected chi connectivity index (χ2v) is 5.65. The van der Waals surface area contributed by atoms with Crippen LogP contribution in [0.2, 0.25) is 0 Å². The molecule has 0 aliphatic carbocycles. The lowest BCUT2D eigenvalue weighted by atomic mass is 10.1. The summed E-state index contributed by atoms with van der Waals surface area (Å²) >= 11 is 0. The summed E-state index contributed by atoms with van der Waals surface area (Å²) in [5.41, 5.74) is 10.1. The molecule has 5 nitrogen and oxygen atoms in total. The zero-order valence-electron chi connectivity index (χ0n) is 13.2. The number of amides is 1. The van der Waals surface area contributed by atoms with Crippen LogP contribution in [0.5, 0.6) is 0 Å². The van der Waals surface area contributed by atoms with E-state index in [0.717, 1.165) is 37.6 Å². The number of nitrogens with zero attached hydrogens (tertiary/aromatic N) is 1. The van der Waals surface area contributed by atoms with Crippen LogP contribution in [0.4, 0.5) is 17.1 Å². The van der Waals surface area contributed by atoms with E-state index in [1.165, 1.54) is 0 Å². The average Bonchev–Trinajstić information content (AvgIpc) is 2.59. The summed E-state index contributed by atoms with van der Waals surface area (Å²) in [5.74, 6) is -0.158. The van der Waals surface area contributed by atoms with Crippen LogP contribution in [0.1, 0.15) is 15.9 Å². The lowest BCUT2D eigenvalue weighted by Gasteiger charge is -2.30. The minimum atomic E-state index is -0.158. The number of benzene rings is 2. The molecule has 3 rings (SSSR count). The quantitative estimate of drug-likeness (QED) is 0.855. The Hall–Kier alpha value is -2.53. The highest BCUT2D eigenvalue weighted by Gasteiger charge is 2.16. The van der Waals surface area contributed by atoms with E-state index in [1.807, 2.05) is 37.3 Å². The molecule has 1 aliphatic heterocycles. The molecule has 1 amide bonds. The Labute approximate surface area is 136 Å². The molecule has 3 N–H and O–H groups in total. The largest absolute Gasteiger partial charge is 0.397 e. The van der Waals surface area contributed by atoms with Crippen molar-refractivity contribution in [1.29, 1.82) is 0 Å². The zero-order valence-corrected chi connectivity index (χ0v) is 13.2. The van der Waals surface area contributed by atoms with Crippen LogP contribution in [0.25, 0.3) is 0 Å². The van der Waals surface area contributed by atoms with Crippen LogP contribution in [-0.4, -0.2) is 32.2 Å². The van der Waals surface area contributed by atoms with Crippen molar-refractivity contribution >= 4 is 23.0 Å². The topological polar surface area (TPSA) is 67.6 Å². The Bertz CT molecular complexity index is 695. The third-order valence-electron chi connectivity index (χ3n) is 4.00. The number of aryl methyl sites for hydroxylation is 1. The van der Waals surface area contributed by atoms with Crippen molar-refractivity contribution in [3.63, 3.8) is 0 Å². The van der Waals surface area contributed by atoms with E-state index in [4.69, 9.17) is 10.5 Å². The van der Waals surface area contributed by atoms with Crippen molar-refractivity contribution < 1.29 is 9.53 Å². The molecular weight excluding hydrogens is 290 g/mol. The molecule has 2 aromatic carbocycles. The summed E-state index contributed by atoms with van der Waals surface area (Å²) < 4.78 is 5.40. The number of anilines is 3. The highest BCUT2D eigenvalue weighted by Crippen LogP contribution is 2.30. The summed E-state index contributed by atoms with van der Waals surface area (Å²) in [6.07, 6.45) is 0. The van der Waals surface area contributed by atoms with Crippen molar-refractivity contribution in [3.05, 3.63) is 53.6 Å². The predicted molar refractivity (Wildman–Crippen MR) is 93.0 cm³/mol. The van der Waals surface area contributed by atoms with Crippen LogP contribution >= 0.6 is 0 Å². The maximum absolute atomic E-state index is 12.3. The van der Waals surface area contributed by atoms with Crippen LogP contribution < -0.4 is 16.0 Å². The molecule has 0 aromatic heterocycles. The molecule has 1 aliphatic rings. The van der Waals surface area contributed by atoms with Crippen LogP contribution in [-0.2, 0) is 4.74 Å². The number of hydrogen-bond acceptors (Lipinski definition) is 4. The highest BCUT2D eigenvalue weighted by atomic mass is 16.5. The van der Waals surface area contributed by atoms with E-state index in [-0.39, 0.29) is 5.91 Å². The molecule has 120 valence electrons. The molecule has 1 heterocycles. The minimum Gasteiger partial charge on any atom is -0.397 e. The summed E-state index contributed by atoms with van der Waals surface area (Å²) in [6.45, 7) is 5.16. The van der Waals surface area contributed by atoms with Crippen molar-refractivity contribution in [1.82, 2.24) is 0 Å². The van der Waals surface area contributed by atoms with Gasteiger partial charge in [-0.1, -0.05) is 18.2 Å². The molecule has 0 radical (unpaired) electrons. The van der Waals surface area contributed by atoms with E-state index in [9.17, 15) is 4.79 Å². The molecule has 5 heteroatoms. The van der Waals surface area contributed by atoms with E-state index >= 15 is 0 Å². The number of carbonyl (C=O) groups is 1. The first-order chi connectivity index (χ1) is 11.1. The van der Waals surface area contributed by atoms with Crippen molar-refractivity contribution in [2.24, 2.45) is 0 Å². The summed E-state index contributed by atoms with van der Waals surface area (Å²) in [5, 5.41) is 2.91. The molecule has 0 unspecified atom stereocenters. The second-order valence-electron chi connectivity index (χ2n) is 5.65. The smallest absolute Gasteiger partial charge is 0.255 e. The third-order valence-corrected chi connectivity index (χ3v) is 4.00. The van der Waals surface area contributed by atoms with Gasteiger partial charge in [0.05, 0.1) is 24.6 Å². The minimum absolute atomic E-state index is 0.158. The average molecular weight is 311 g/mol. The van der Waals surface area contributed by atoms with Gasteiger partial charge in [0.1, 0.15) is 0 Å². The van der Waals surface area contributed by atoms with Gasteiger partial charge < -0.3 is 20.7 Å². The van der Waals surface area contributed by atoms with Crippen LogP contribution in [0.15, 0.2) is 42.5 Å². The fourth-order valence-electron chi connectivity index (χ4n) is 2.76. The number of ether oxygens (including phenoxy) is 1. The Kier molecular flexibility index (Phi) is 4.48. The number of nitrogens with one attached hydrogen (secondary N) is 1. The summed E-state index contributed by atoms with van der Waals surface area (Å²) in [7, 11) is 0. The summed E-state index contributed by atoms with van der Waals surface area (Å²) in [6, 6.07) is 13.0. The normalized spacial score (nSPS) is 14.6. The van der Waals surface area contributed by atoms with Crippen molar-refractivity contribution in [3.8, 4) is 0 Å². The van der Waals surface area contributed by atoms with Crippen molar-refractivity contribution in [2.45, 2.75) is 6.92 Å². The van der Waals surface area contributed by atoms with E-state index < -0.39 is 0 Å². The van der Waals surface area contributed by atoms with Gasteiger partial charge in [-0.25, -0.2) is 0 Å². The van der Waals surface area contributed by atoms with E-state index in [0.29, 0.717) is 16.9 Å². The molecule has 23 heavy (non-hydrogen) atoms. The van der Waals surface area contributed by atoms with Gasteiger partial charge >= 0.3 is 0 Å². The first kappa shape index (κ1) is 15.4. The van der Waals surface area contributed by atoms with Crippen molar-refractivity contribution in [2.75, 3.05) is 42.3 Å². The third kappa shape index (κ3) is 3.46. The second kappa shape index (κ2) is 6.71. The SMILES string of the molecule is Cc1cc(N)c(NC(=O)c2ccccc2)cc1N1CCOCC1. The standard InChI is InChI=1S/C18H21N3O2/c1-13-11-15(19)16(12-17(13)21-7-9-23-10-8-21)20-18(22)14-5-3-2-4-6-14/h2-6,11-12H,7-10,19H2,1H3,(H,20,22). The van der Waals surface area contributed by atoms with Gasteiger partial charge in [-0.2, -0.15) is 0 Å². The first-order valence-electron chi connectivity index (χ1n) is 7.74. The fraction of sp³-hybridized carbons (Fsp3) is 0.278. The summed E-state index contributed by atoms with van der Waals surface area (Å²) in [4.78, 5) is 14.6. The Morgan fingerprint density at radius 2 is 1.87 bits per heavy atom. The molecule has 0 bridgehead atoms. The Morgan fingerprint density at radius 3 is 2.57 bits per heavy atom. The van der Waals surface area contributed by atoms with E-state index in [2.05, 4.69) is 10.2 Å². The van der Waals surface area contributed by atoms with Gasteiger partial charge in [-0.3, -0.25) is 4.79 Å². The Balaban J connectivity index is 1.85. The first-order valence-corrected chi connectivity index (χ1v) is 7.74. The molecule has 0 spiro atoms. The molecule has 1 fully saturated rings. The van der Waals surface area contributed by atoms with Crippen LogP contribution in [0, 0.1) is 6.92 Å². The van der Waals surface area contributed by atoms with Gasteiger partial charge in [0.15, 0.2) is 0 Å². The molecule has 0 atom stereocenters. The lowest BCUT2D eigenvalue weighted by Crippen LogP contribution is -2.36.